The van der Waals surface area contributed by atoms with Gasteiger partial charge in [0.1, 0.15) is 12.4 Å². The molecule has 1 N–H and O–H groups in total. The fourth-order valence-corrected chi connectivity index (χ4v) is 3.26. The van der Waals surface area contributed by atoms with Crippen LogP contribution in [0.1, 0.15) is 29.4 Å². The summed E-state index contributed by atoms with van der Waals surface area (Å²) in [6.45, 7) is 7.75. The Morgan fingerprint density at radius 3 is 2.84 bits per heavy atom. The van der Waals surface area contributed by atoms with E-state index in [0.717, 1.165) is 29.1 Å². The first-order valence-corrected chi connectivity index (χ1v) is 8.71. The summed E-state index contributed by atoms with van der Waals surface area (Å²) >= 11 is 0. The molecule has 3 rings (SSSR count). The molecule has 1 aromatic heterocycles. The fourth-order valence-electron chi connectivity index (χ4n) is 3.26. The number of benzene rings is 1. The van der Waals surface area contributed by atoms with E-state index in [2.05, 4.69) is 17.3 Å². The van der Waals surface area contributed by atoms with E-state index < -0.39 is 0 Å². The second-order valence-corrected chi connectivity index (χ2v) is 6.65. The first-order valence-electron chi connectivity index (χ1n) is 8.71. The van der Waals surface area contributed by atoms with Gasteiger partial charge in [-0.2, -0.15) is 5.10 Å². The number of aryl methyl sites for hydroxylation is 2. The number of ether oxygens (including phenoxy) is 1. The van der Waals surface area contributed by atoms with E-state index in [9.17, 15) is 4.79 Å². The van der Waals surface area contributed by atoms with Crippen molar-refractivity contribution < 1.29 is 9.53 Å². The van der Waals surface area contributed by atoms with Crippen molar-refractivity contribution in [1.29, 1.82) is 0 Å². The smallest absolute Gasteiger partial charge is 0.318 e. The first kappa shape index (κ1) is 17.3. The minimum atomic E-state index is -0.0491. The maximum atomic E-state index is 12.7. The molecule has 0 bridgehead atoms. The minimum absolute atomic E-state index is 0.0225. The van der Waals surface area contributed by atoms with E-state index >= 15 is 0 Å². The molecule has 25 heavy (non-hydrogen) atoms. The maximum Gasteiger partial charge on any atom is 0.318 e. The zero-order chi connectivity index (χ0) is 18.0. The van der Waals surface area contributed by atoms with E-state index in [-0.39, 0.29) is 12.1 Å². The average Bonchev–Trinajstić information content (AvgIpc) is 2.75. The summed E-state index contributed by atoms with van der Waals surface area (Å²) in [5.74, 6) is 0.867. The topological polar surface area (TPSA) is 59.4 Å². The van der Waals surface area contributed by atoms with Gasteiger partial charge >= 0.3 is 6.03 Å². The van der Waals surface area contributed by atoms with Crippen LogP contribution in [0.2, 0.25) is 0 Å². The van der Waals surface area contributed by atoms with E-state index in [1.54, 1.807) is 0 Å². The highest BCUT2D eigenvalue weighted by Gasteiger charge is 2.25. The lowest BCUT2D eigenvalue weighted by atomic mass is 10.1. The molecule has 1 unspecified atom stereocenters. The van der Waals surface area contributed by atoms with E-state index in [1.165, 1.54) is 5.56 Å². The van der Waals surface area contributed by atoms with Gasteiger partial charge < -0.3 is 15.0 Å². The lowest BCUT2D eigenvalue weighted by Crippen LogP contribution is -2.46. The quantitative estimate of drug-likeness (QED) is 0.933. The van der Waals surface area contributed by atoms with Crippen LogP contribution in [0.5, 0.6) is 5.75 Å². The number of rotatable bonds is 3. The van der Waals surface area contributed by atoms with E-state index in [0.29, 0.717) is 19.7 Å². The van der Waals surface area contributed by atoms with Gasteiger partial charge in [0.25, 0.3) is 0 Å². The Morgan fingerprint density at radius 1 is 1.36 bits per heavy atom. The lowest BCUT2D eigenvalue weighted by molar-refractivity contribution is 0.157. The van der Waals surface area contributed by atoms with Crippen LogP contribution in [0.3, 0.4) is 0 Å². The van der Waals surface area contributed by atoms with Crippen LogP contribution in [0.4, 0.5) is 4.79 Å². The van der Waals surface area contributed by atoms with Gasteiger partial charge in [-0.1, -0.05) is 18.2 Å². The van der Waals surface area contributed by atoms with Crippen LogP contribution in [-0.4, -0.2) is 39.9 Å². The molecule has 6 nitrogen and oxygen atoms in total. The number of amides is 2. The van der Waals surface area contributed by atoms with Crippen molar-refractivity contribution in [2.45, 2.75) is 39.8 Å². The predicted molar refractivity (Wildman–Crippen MR) is 96.7 cm³/mol. The van der Waals surface area contributed by atoms with Gasteiger partial charge in [0.05, 0.1) is 18.3 Å². The molecule has 1 aliphatic heterocycles. The Balaban J connectivity index is 1.62. The summed E-state index contributed by atoms with van der Waals surface area (Å²) in [4.78, 5) is 14.5. The molecule has 0 aliphatic carbocycles. The van der Waals surface area contributed by atoms with Crippen molar-refractivity contribution in [2.24, 2.45) is 7.05 Å². The lowest BCUT2D eigenvalue weighted by Gasteiger charge is -2.26. The molecule has 6 heteroatoms. The first-order chi connectivity index (χ1) is 12.0. The van der Waals surface area contributed by atoms with Crippen molar-refractivity contribution in [3.63, 3.8) is 0 Å². The molecule has 1 aromatic carbocycles. The molecule has 0 spiro atoms. The fraction of sp³-hybridized carbons (Fsp3) is 0.474. The maximum absolute atomic E-state index is 12.7. The summed E-state index contributed by atoms with van der Waals surface area (Å²) < 4.78 is 7.70. The number of urea groups is 1. The standard InChI is InChI=1S/C19H26N4O2/c1-13-12-25-18-8-6-5-7-16(18)11-23(13)19(24)20-10-9-17-14(2)21-22(4)15(17)3/h5-8,13H,9-12H2,1-4H3,(H,20,24). The summed E-state index contributed by atoms with van der Waals surface area (Å²) in [5, 5.41) is 7.47. The zero-order valence-corrected chi connectivity index (χ0v) is 15.4. The molecule has 0 saturated heterocycles. The average molecular weight is 342 g/mol. The van der Waals surface area contributed by atoms with Crippen LogP contribution >= 0.6 is 0 Å². The minimum Gasteiger partial charge on any atom is -0.491 e. The SMILES string of the molecule is Cc1nn(C)c(C)c1CCNC(=O)N1Cc2ccccc2OCC1C. The number of aromatic nitrogens is 2. The second kappa shape index (κ2) is 7.17. The largest absolute Gasteiger partial charge is 0.491 e. The third-order valence-corrected chi connectivity index (χ3v) is 4.90. The van der Waals surface area contributed by atoms with Crippen molar-refractivity contribution in [3.8, 4) is 5.75 Å². The normalized spacial score (nSPS) is 16.8. The third-order valence-electron chi connectivity index (χ3n) is 4.90. The number of nitrogens with zero attached hydrogens (tertiary/aromatic N) is 3. The Morgan fingerprint density at radius 2 is 2.12 bits per heavy atom. The van der Waals surface area contributed by atoms with Crippen molar-refractivity contribution >= 4 is 6.03 Å². The van der Waals surface area contributed by atoms with Crippen molar-refractivity contribution in [2.75, 3.05) is 13.2 Å². The number of carbonyl (C=O) groups is 1. The molecule has 0 fully saturated rings. The summed E-state index contributed by atoms with van der Waals surface area (Å²) in [7, 11) is 1.95. The molecular weight excluding hydrogens is 316 g/mol. The molecule has 1 aliphatic rings. The molecule has 134 valence electrons. The highest BCUT2D eigenvalue weighted by Crippen LogP contribution is 2.24. The van der Waals surface area contributed by atoms with Gasteiger partial charge in [0, 0.05) is 24.8 Å². The number of para-hydroxylation sites is 1. The Hall–Kier alpha value is -2.50. The van der Waals surface area contributed by atoms with E-state index in [1.807, 2.05) is 54.7 Å². The van der Waals surface area contributed by atoms with Gasteiger partial charge in [-0.3, -0.25) is 4.68 Å². The number of nitrogens with one attached hydrogen (secondary N) is 1. The monoisotopic (exact) mass is 342 g/mol. The van der Waals surface area contributed by atoms with Gasteiger partial charge in [-0.15, -0.1) is 0 Å². The molecule has 2 amide bonds. The van der Waals surface area contributed by atoms with Crippen LogP contribution in [0.25, 0.3) is 0 Å². The molecule has 2 aromatic rings. The number of hydrogen-bond acceptors (Lipinski definition) is 3. The van der Waals surface area contributed by atoms with Crippen molar-refractivity contribution in [3.05, 3.63) is 46.8 Å². The van der Waals surface area contributed by atoms with Crippen molar-refractivity contribution in [1.82, 2.24) is 20.0 Å². The highest BCUT2D eigenvalue weighted by atomic mass is 16.5. The zero-order valence-electron chi connectivity index (χ0n) is 15.4. The number of carbonyl (C=O) groups excluding carboxylic acids is 1. The summed E-state index contributed by atoms with van der Waals surface area (Å²) in [6, 6.07) is 7.87. The number of hydrogen-bond donors (Lipinski definition) is 1. The Labute approximate surface area is 148 Å². The summed E-state index contributed by atoms with van der Waals surface area (Å²) in [5.41, 5.74) is 4.43. The van der Waals surface area contributed by atoms with Gasteiger partial charge in [-0.05, 0) is 38.8 Å². The Kier molecular flexibility index (Phi) is 4.97. The van der Waals surface area contributed by atoms with Crippen LogP contribution in [-0.2, 0) is 20.0 Å². The Bertz CT molecular complexity index is 769. The highest BCUT2D eigenvalue weighted by molar-refractivity contribution is 5.74. The number of fused-ring (bicyclic) bond motifs is 1. The van der Waals surface area contributed by atoms with Gasteiger partial charge in [-0.25, -0.2) is 4.79 Å². The third kappa shape index (κ3) is 3.62. The molecule has 1 atom stereocenters. The molecule has 0 radical (unpaired) electrons. The van der Waals surface area contributed by atoms with Crippen LogP contribution in [0.15, 0.2) is 24.3 Å². The molecule has 2 heterocycles. The molecule has 0 saturated carbocycles. The van der Waals surface area contributed by atoms with Crippen LogP contribution in [0, 0.1) is 13.8 Å². The van der Waals surface area contributed by atoms with Gasteiger partial charge in [0.15, 0.2) is 0 Å². The molecular formula is C19H26N4O2. The second-order valence-electron chi connectivity index (χ2n) is 6.65. The van der Waals surface area contributed by atoms with E-state index in [4.69, 9.17) is 4.74 Å². The summed E-state index contributed by atoms with van der Waals surface area (Å²) in [6.07, 6.45) is 0.784. The predicted octanol–water partition coefficient (Wildman–Crippen LogP) is 2.57. The van der Waals surface area contributed by atoms with Gasteiger partial charge in [0.2, 0.25) is 0 Å². The van der Waals surface area contributed by atoms with Crippen LogP contribution < -0.4 is 10.1 Å².